The quantitative estimate of drug-likeness (QED) is 0.701. The minimum absolute atomic E-state index is 0.379. The minimum Gasteiger partial charge on any atom is -0.312 e. The number of rotatable bonds is 7. The molecule has 0 amide bonds. The Bertz CT molecular complexity index is 220. The maximum absolute atomic E-state index is 3.73. The summed E-state index contributed by atoms with van der Waals surface area (Å²) in [6.07, 6.45) is 9.75. The standard InChI is InChI=1S/C17H36N2/c1-5-6-7-8-9-10-13-19-14-11-12-18-16(15-19)17(2,3)4/h16,18H,5-15H2,1-4H3. The van der Waals surface area contributed by atoms with Gasteiger partial charge in [-0.2, -0.15) is 0 Å². The van der Waals surface area contributed by atoms with E-state index in [-0.39, 0.29) is 0 Å². The molecule has 0 bridgehead atoms. The van der Waals surface area contributed by atoms with E-state index in [0.717, 1.165) is 0 Å². The summed E-state index contributed by atoms with van der Waals surface area (Å²) < 4.78 is 0. The molecule has 1 atom stereocenters. The molecular formula is C17H36N2. The van der Waals surface area contributed by atoms with Crippen LogP contribution < -0.4 is 5.32 Å². The highest BCUT2D eigenvalue weighted by atomic mass is 15.2. The molecule has 1 unspecified atom stereocenters. The molecule has 1 aliphatic heterocycles. The number of nitrogens with zero attached hydrogens (tertiary/aromatic N) is 1. The summed E-state index contributed by atoms with van der Waals surface area (Å²) in [6, 6.07) is 0.648. The third-order valence-corrected chi connectivity index (χ3v) is 4.36. The van der Waals surface area contributed by atoms with Crippen molar-refractivity contribution in [2.75, 3.05) is 26.2 Å². The van der Waals surface area contributed by atoms with Crippen molar-refractivity contribution in [2.45, 2.75) is 78.7 Å². The van der Waals surface area contributed by atoms with Gasteiger partial charge in [-0.05, 0) is 37.9 Å². The molecule has 2 nitrogen and oxygen atoms in total. The van der Waals surface area contributed by atoms with E-state index in [9.17, 15) is 0 Å². The van der Waals surface area contributed by atoms with Gasteiger partial charge in [-0.15, -0.1) is 0 Å². The molecule has 2 heteroatoms. The summed E-state index contributed by atoms with van der Waals surface area (Å²) in [5.74, 6) is 0. The van der Waals surface area contributed by atoms with Gasteiger partial charge in [-0.25, -0.2) is 0 Å². The van der Waals surface area contributed by atoms with E-state index in [1.165, 1.54) is 71.1 Å². The lowest BCUT2D eigenvalue weighted by molar-refractivity contribution is 0.194. The van der Waals surface area contributed by atoms with Gasteiger partial charge in [-0.3, -0.25) is 0 Å². The van der Waals surface area contributed by atoms with E-state index >= 15 is 0 Å². The summed E-state index contributed by atoms with van der Waals surface area (Å²) in [7, 11) is 0. The largest absolute Gasteiger partial charge is 0.312 e. The van der Waals surface area contributed by atoms with Crippen LogP contribution in [0.2, 0.25) is 0 Å². The molecule has 0 aliphatic carbocycles. The fourth-order valence-electron chi connectivity index (χ4n) is 2.89. The lowest BCUT2D eigenvalue weighted by Gasteiger charge is -2.33. The summed E-state index contributed by atoms with van der Waals surface area (Å²) in [5, 5.41) is 3.73. The van der Waals surface area contributed by atoms with Crippen LogP contribution in [0, 0.1) is 5.41 Å². The Hall–Kier alpha value is -0.0800. The number of hydrogen-bond donors (Lipinski definition) is 1. The number of hydrogen-bond acceptors (Lipinski definition) is 2. The fourth-order valence-corrected chi connectivity index (χ4v) is 2.89. The van der Waals surface area contributed by atoms with Crippen LogP contribution in [0.1, 0.15) is 72.6 Å². The SMILES string of the molecule is CCCCCCCCN1CCCNC(C(C)(C)C)C1. The first-order chi connectivity index (χ1) is 9.04. The Morgan fingerprint density at radius 3 is 2.42 bits per heavy atom. The normalized spacial score (nSPS) is 22.4. The highest BCUT2D eigenvalue weighted by Crippen LogP contribution is 2.21. The molecule has 0 saturated carbocycles. The Balaban J connectivity index is 2.20. The summed E-state index contributed by atoms with van der Waals surface area (Å²) in [6.45, 7) is 14.4. The molecule has 0 radical (unpaired) electrons. The van der Waals surface area contributed by atoms with Crippen LogP contribution in [0.3, 0.4) is 0 Å². The molecule has 1 N–H and O–H groups in total. The van der Waals surface area contributed by atoms with Crippen molar-refractivity contribution in [3.8, 4) is 0 Å². The van der Waals surface area contributed by atoms with Crippen molar-refractivity contribution in [1.82, 2.24) is 10.2 Å². The van der Waals surface area contributed by atoms with Crippen LogP contribution in [0.25, 0.3) is 0 Å². The van der Waals surface area contributed by atoms with E-state index < -0.39 is 0 Å². The van der Waals surface area contributed by atoms with E-state index in [2.05, 4.69) is 37.9 Å². The predicted octanol–water partition coefficient (Wildman–Crippen LogP) is 4.06. The topological polar surface area (TPSA) is 15.3 Å². The molecule has 0 aromatic heterocycles. The van der Waals surface area contributed by atoms with Gasteiger partial charge in [0.2, 0.25) is 0 Å². The Kier molecular flexibility index (Phi) is 8.01. The molecule has 19 heavy (non-hydrogen) atoms. The van der Waals surface area contributed by atoms with Crippen LogP contribution in [-0.4, -0.2) is 37.1 Å². The summed E-state index contributed by atoms with van der Waals surface area (Å²) in [5.41, 5.74) is 0.379. The highest BCUT2D eigenvalue weighted by molar-refractivity contribution is 4.85. The molecule has 1 saturated heterocycles. The molecule has 1 heterocycles. The second kappa shape index (κ2) is 8.97. The van der Waals surface area contributed by atoms with Gasteiger partial charge in [-0.1, -0.05) is 59.8 Å². The zero-order valence-corrected chi connectivity index (χ0v) is 13.8. The zero-order valence-electron chi connectivity index (χ0n) is 13.8. The first-order valence-corrected chi connectivity index (χ1v) is 8.49. The van der Waals surface area contributed by atoms with E-state index in [1.54, 1.807) is 0 Å². The number of nitrogens with one attached hydrogen (secondary N) is 1. The van der Waals surface area contributed by atoms with Crippen molar-refractivity contribution in [1.29, 1.82) is 0 Å². The smallest absolute Gasteiger partial charge is 0.0243 e. The summed E-state index contributed by atoms with van der Waals surface area (Å²) in [4.78, 5) is 2.69. The predicted molar refractivity (Wildman–Crippen MR) is 85.7 cm³/mol. The third kappa shape index (κ3) is 7.31. The van der Waals surface area contributed by atoms with Crippen LogP contribution in [0.15, 0.2) is 0 Å². The molecule has 1 rings (SSSR count). The maximum atomic E-state index is 3.73. The lowest BCUT2D eigenvalue weighted by atomic mass is 9.86. The zero-order chi connectivity index (χ0) is 14.1. The Morgan fingerprint density at radius 2 is 1.74 bits per heavy atom. The van der Waals surface area contributed by atoms with E-state index in [1.807, 2.05) is 0 Å². The molecule has 0 spiro atoms. The maximum Gasteiger partial charge on any atom is 0.0243 e. The number of unbranched alkanes of at least 4 members (excludes halogenated alkanes) is 5. The van der Waals surface area contributed by atoms with Gasteiger partial charge >= 0.3 is 0 Å². The van der Waals surface area contributed by atoms with Gasteiger partial charge in [0.15, 0.2) is 0 Å². The van der Waals surface area contributed by atoms with Gasteiger partial charge in [0, 0.05) is 12.6 Å². The van der Waals surface area contributed by atoms with E-state index in [4.69, 9.17) is 0 Å². The first-order valence-electron chi connectivity index (χ1n) is 8.49. The van der Waals surface area contributed by atoms with Crippen LogP contribution in [0.4, 0.5) is 0 Å². The molecule has 0 aromatic rings. The molecule has 1 fully saturated rings. The Labute approximate surface area is 121 Å². The van der Waals surface area contributed by atoms with Gasteiger partial charge in [0.1, 0.15) is 0 Å². The van der Waals surface area contributed by atoms with Crippen LogP contribution >= 0.6 is 0 Å². The van der Waals surface area contributed by atoms with Crippen molar-refractivity contribution in [2.24, 2.45) is 5.41 Å². The van der Waals surface area contributed by atoms with Crippen molar-refractivity contribution in [3.63, 3.8) is 0 Å². The lowest BCUT2D eigenvalue weighted by Crippen LogP contribution is -2.46. The monoisotopic (exact) mass is 268 g/mol. The molecular weight excluding hydrogens is 232 g/mol. The minimum atomic E-state index is 0.379. The van der Waals surface area contributed by atoms with Crippen LogP contribution in [0.5, 0.6) is 0 Å². The second-order valence-corrected chi connectivity index (χ2v) is 7.29. The molecule has 1 aliphatic rings. The van der Waals surface area contributed by atoms with Crippen molar-refractivity contribution < 1.29 is 0 Å². The van der Waals surface area contributed by atoms with E-state index in [0.29, 0.717) is 11.5 Å². The third-order valence-electron chi connectivity index (χ3n) is 4.36. The molecule has 0 aromatic carbocycles. The van der Waals surface area contributed by atoms with Gasteiger partial charge in [0.25, 0.3) is 0 Å². The average molecular weight is 268 g/mol. The fraction of sp³-hybridized carbons (Fsp3) is 1.00. The first kappa shape index (κ1) is 17.0. The van der Waals surface area contributed by atoms with Gasteiger partial charge in [0.05, 0.1) is 0 Å². The highest BCUT2D eigenvalue weighted by Gasteiger charge is 2.27. The second-order valence-electron chi connectivity index (χ2n) is 7.29. The van der Waals surface area contributed by atoms with Crippen molar-refractivity contribution in [3.05, 3.63) is 0 Å². The van der Waals surface area contributed by atoms with Crippen molar-refractivity contribution >= 4 is 0 Å². The average Bonchev–Trinajstić information content (AvgIpc) is 2.58. The van der Waals surface area contributed by atoms with Crippen LogP contribution in [-0.2, 0) is 0 Å². The Morgan fingerprint density at radius 1 is 1.05 bits per heavy atom. The molecule has 114 valence electrons. The van der Waals surface area contributed by atoms with Gasteiger partial charge < -0.3 is 10.2 Å². The summed E-state index contributed by atoms with van der Waals surface area (Å²) >= 11 is 0.